The zero-order valence-corrected chi connectivity index (χ0v) is 19.0. The molecule has 162 valence electrons. The molecule has 1 heterocycles. The predicted octanol–water partition coefficient (Wildman–Crippen LogP) is 4.59. The van der Waals surface area contributed by atoms with Crippen LogP contribution >= 0.6 is 0 Å². The van der Waals surface area contributed by atoms with Crippen molar-refractivity contribution in [3.05, 3.63) is 65.2 Å². The lowest BCUT2D eigenvalue weighted by Crippen LogP contribution is -2.53. The molecule has 30 heavy (non-hydrogen) atoms. The molecule has 7 heteroatoms. The van der Waals surface area contributed by atoms with Gasteiger partial charge in [0, 0.05) is 12.1 Å². The van der Waals surface area contributed by atoms with E-state index >= 15 is 0 Å². The summed E-state index contributed by atoms with van der Waals surface area (Å²) in [5, 5.41) is 10.00. The van der Waals surface area contributed by atoms with Gasteiger partial charge in [-0.1, -0.05) is 42.0 Å². The molecule has 1 saturated heterocycles. The Bertz CT molecular complexity index is 1030. The summed E-state index contributed by atoms with van der Waals surface area (Å²) in [4.78, 5) is 13.9. The molecule has 6 nitrogen and oxygen atoms in total. The van der Waals surface area contributed by atoms with Crippen LogP contribution in [-0.2, 0) is 10.0 Å². The molecule has 1 fully saturated rings. The number of amides is 1. The molecule has 3 rings (SSSR count). The average molecular weight is 431 g/mol. The van der Waals surface area contributed by atoms with E-state index in [1.54, 1.807) is 24.3 Å². The third kappa shape index (κ3) is 4.09. The molecular weight excluding hydrogens is 400 g/mol. The van der Waals surface area contributed by atoms with E-state index in [4.69, 9.17) is 0 Å². The number of carbonyl (C=O) groups is 1. The Morgan fingerprint density at radius 2 is 1.67 bits per heavy atom. The number of sulfonamides is 1. The van der Waals surface area contributed by atoms with Gasteiger partial charge in [-0.25, -0.2) is 13.2 Å². The molecule has 0 aliphatic carbocycles. The van der Waals surface area contributed by atoms with Gasteiger partial charge in [0.15, 0.2) is 0 Å². The van der Waals surface area contributed by atoms with Gasteiger partial charge in [-0.3, -0.25) is 4.90 Å². The highest BCUT2D eigenvalue weighted by atomic mass is 32.2. The van der Waals surface area contributed by atoms with Gasteiger partial charge in [-0.2, -0.15) is 4.31 Å². The molecule has 0 unspecified atom stereocenters. The monoisotopic (exact) mass is 430 g/mol. The molecule has 2 atom stereocenters. The highest BCUT2D eigenvalue weighted by molar-refractivity contribution is 7.89. The van der Waals surface area contributed by atoms with Gasteiger partial charge in [0.05, 0.1) is 17.0 Å². The van der Waals surface area contributed by atoms with Gasteiger partial charge in [0.1, 0.15) is 0 Å². The molecule has 0 radical (unpaired) electrons. The Balaban J connectivity index is 2.15. The van der Waals surface area contributed by atoms with Crippen molar-refractivity contribution in [3.63, 3.8) is 0 Å². The van der Waals surface area contributed by atoms with Crippen LogP contribution in [0.15, 0.2) is 53.4 Å². The fourth-order valence-corrected chi connectivity index (χ4v) is 5.99. The molecule has 2 aromatic rings. The summed E-state index contributed by atoms with van der Waals surface area (Å²) in [5.41, 5.74) is 2.10. The highest BCUT2D eigenvalue weighted by Crippen LogP contribution is 2.42. The maximum atomic E-state index is 13.6. The van der Waals surface area contributed by atoms with E-state index in [0.29, 0.717) is 6.42 Å². The first-order chi connectivity index (χ1) is 13.9. The van der Waals surface area contributed by atoms with Crippen molar-refractivity contribution in [1.82, 2.24) is 9.21 Å². The molecule has 0 spiro atoms. The van der Waals surface area contributed by atoms with Gasteiger partial charge in [0.2, 0.25) is 10.0 Å². The summed E-state index contributed by atoms with van der Waals surface area (Å²) in [5.74, 6) is 0. The van der Waals surface area contributed by atoms with Crippen molar-refractivity contribution in [2.75, 3.05) is 6.54 Å². The molecule has 0 aromatic heterocycles. The van der Waals surface area contributed by atoms with Crippen LogP contribution in [0.1, 0.15) is 49.9 Å². The molecule has 1 amide bonds. The van der Waals surface area contributed by atoms with Crippen LogP contribution in [0.3, 0.4) is 0 Å². The average Bonchev–Trinajstić information content (AvgIpc) is 3.06. The van der Waals surface area contributed by atoms with E-state index in [1.807, 2.05) is 58.9 Å². The van der Waals surface area contributed by atoms with Gasteiger partial charge >= 0.3 is 6.09 Å². The normalized spacial score (nSPS) is 20.3. The van der Waals surface area contributed by atoms with Gasteiger partial charge in [0.25, 0.3) is 0 Å². The summed E-state index contributed by atoms with van der Waals surface area (Å²) in [7, 11) is -3.79. The highest BCUT2D eigenvalue weighted by Gasteiger charge is 2.49. The first-order valence-electron chi connectivity index (χ1n) is 10.1. The fourth-order valence-electron chi connectivity index (χ4n) is 4.34. The van der Waals surface area contributed by atoms with Crippen LogP contribution in [0.4, 0.5) is 4.79 Å². The Morgan fingerprint density at radius 3 is 2.20 bits per heavy atom. The Hall–Kier alpha value is -2.38. The summed E-state index contributed by atoms with van der Waals surface area (Å²) < 4.78 is 28.7. The summed E-state index contributed by atoms with van der Waals surface area (Å²) >= 11 is 0. The lowest BCUT2D eigenvalue weighted by molar-refractivity contribution is 0.0610. The second kappa shape index (κ2) is 8.04. The number of hydrogen-bond donors (Lipinski definition) is 1. The Morgan fingerprint density at radius 1 is 1.07 bits per heavy atom. The lowest BCUT2D eigenvalue weighted by Gasteiger charge is -2.41. The standard InChI is InChI=1S/C23H30N2O4S/c1-16-10-12-18(13-11-16)30(28,29)24-15-14-20(25(22(26)27)23(3,4)5)21(24)19-9-7-6-8-17(19)2/h6-13,20-21H,14-15H2,1-5H3,(H,26,27)/t20-,21+/m1/s1. The van der Waals surface area contributed by atoms with Gasteiger partial charge in [-0.05, 0) is 64.3 Å². The third-order valence-electron chi connectivity index (χ3n) is 5.72. The SMILES string of the molecule is Cc1ccc(S(=O)(=O)N2CC[C@@H](N(C(=O)O)C(C)(C)C)[C@@H]2c2ccccc2C)cc1. The van der Waals surface area contributed by atoms with Crippen LogP contribution in [0, 0.1) is 13.8 Å². The van der Waals surface area contributed by atoms with Crippen LogP contribution in [-0.4, -0.2) is 46.9 Å². The Labute approximate surface area is 179 Å². The first-order valence-corrected chi connectivity index (χ1v) is 11.5. The number of hydrogen-bond acceptors (Lipinski definition) is 3. The van der Waals surface area contributed by atoms with Crippen LogP contribution in [0.2, 0.25) is 0 Å². The minimum atomic E-state index is -3.79. The van der Waals surface area contributed by atoms with E-state index in [9.17, 15) is 18.3 Å². The smallest absolute Gasteiger partial charge is 0.408 e. The van der Waals surface area contributed by atoms with Crippen LogP contribution < -0.4 is 0 Å². The van der Waals surface area contributed by atoms with E-state index < -0.39 is 33.7 Å². The van der Waals surface area contributed by atoms with Crippen molar-refractivity contribution in [1.29, 1.82) is 0 Å². The molecule has 0 bridgehead atoms. The van der Waals surface area contributed by atoms with Crippen LogP contribution in [0.25, 0.3) is 0 Å². The summed E-state index contributed by atoms with van der Waals surface area (Å²) in [6.45, 7) is 9.63. The van der Waals surface area contributed by atoms with Crippen molar-refractivity contribution in [2.45, 2.75) is 63.6 Å². The lowest BCUT2D eigenvalue weighted by atomic mass is 9.92. The van der Waals surface area contributed by atoms with E-state index in [0.717, 1.165) is 16.7 Å². The van der Waals surface area contributed by atoms with Crippen molar-refractivity contribution in [3.8, 4) is 0 Å². The topological polar surface area (TPSA) is 77.9 Å². The number of nitrogens with zero attached hydrogens (tertiary/aromatic N) is 2. The fraction of sp³-hybridized carbons (Fsp3) is 0.435. The molecule has 0 saturated carbocycles. The van der Waals surface area contributed by atoms with E-state index in [2.05, 4.69) is 0 Å². The van der Waals surface area contributed by atoms with E-state index in [-0.39, 0.29) is 11.4 Å². The van der Waals surface area contributed by atoms with Crippen LogP contribution in [0.5, 0.6) is 0 Å². The summed E-state index contributed by atoms with van der Waals surface area (Å²) in [6.07, 6.45) is -0.603. The molecule has 2 aromatic carbocycles. The minimum Gasteiger partial charge on any atom is -0.465 e. The summed E-state index contributed by atoms with van der Waals surface area (Å²) in [6, 6.07) is 13.3. The molecule has 1 aliphatic rings. The second-order valence-corrected chi connectivity index (χ2v) is 10.8. The first kappa shape index (κ1) is 22.3. The molecule has 1 aliphatic heterocycles. The van der Waals surface area contributed by atoms with Crippen molar-refractivity contribution in [2.24, 2.45) is 0 Å². The quantitative estimate of drug-likeness (QED) is 0.770. The largest absolute Gasteiger partial charge is 0.465 e. The maximum absolute atomic E-state index is 13.6. The number of benzene rings is 2. The molecular formula is C23H30N2O4S. The van der Waals surface area contributed by atoms with Gasteiger partial charge < -0.3 is 5.11 Å². The zero-order chi connectivity index (χ0) is 22.3. The van der Waals surface area contributed by atoms with Crippen molar-refractivity contribution < 1.29 is 18.3 Å². The zero-order valence-electron chi connectivity index (χ0n) is 18.2. The van der Waals surface area contributed by atoms with Gasteiger partial charge in [-0.15, -0.1) is 0 Å². The molecule has 1 N–H and O–H groups in total. The third-order valence-corrected chi connectivity index (χ3v) is 7.61. The Kier molecular flexibility index (Phi) is 5.98. The number of carboxylic acid groups (broad SMARTS) is 1. The maximum Gasteiger partial charge on any atom is 0.408 e. The number of aryl methyl sites for hydroxylation is 2. The van der Waals surface area contributed by atoms with Crippen molar-refractivity contribution >= 4 is 16.1 Å². The second-order valence-electron chi connectivity index (χ2n) is 8.91. The predicted molar refractivity (Wildman–Crippen MR) is 117 cm³/mol. The number of rotatable bonds is 4. The van der Waals surface area contributed by atoms with E-state index in [1.165, 1.54) is 9.21 Å². The minimum absolute atomic E-state index is 0.227.